The summed E-state index contributed by atoms with van der Waals surface area (Å²) in [5.74, 6) is 1.63. The fraction of sp³-hybridized carbons (Fsp3) is 1.00. The van der Waals surface area contributed by atoms with Gasteiger partial charge in [0.1, 0.15) is 0 Å². The molecule has 74 valence electrons. The van der Waals surface area contributed by atoms with Crippen LogP contribution in [0.3, 0.4) is 0 Å². The Morgan fingerprint density at radius 2 is 1.42 bits per heavy atom. The summed E-state index contributed by atoms with van der Waals surface area (Å²) >= 11 is 0. The van der Waals surface area contributed by atoms with Crippen LogP contribution in [0, 0.1) is 11.8 Å². The smallest absolute Gasteiger partial charge is 0.00437 e. The molecular weight excluding hydrogens is 146 g/mol. The van der Waals surface area contributed by atoms with Crippen LogP contribution < -0.4 is 5.32 Å². The maximum absolute atomic E-state index is 3.53. The van der Waals surface area contributed by atoms with E-state index in [4.69, 9.17) is 0 Å². The Bertz CT molecular complexity index is 108. The molecule has 12 heavy (non-hydrogen) atoms. The minimum atomic E-state index is 0.611. The van der Waals surface area contributed by atoms with E-state index < -0.39 is 0 Å². The molecular formula is C11H25N. The van der Waals surface area contributed by atoms with Crippen molar-refractivity contribution in [3.05, 3.63) is 0 Å². The van der Waals surface area contributed by atoms with Gasteiger partial charge in [-0.15, -0.1) is 0 Å². The van der Waals surface area contributed by atoms with Crippen LogP contribution in [-0.2, 0) is 0 Å². The Morgan fingerprint density at radius 3 is 1.75 bits per heavy atom. The topological polar surface area (TPSA) is 12.0 Å². The van der Waals surface area contributed by atoms with Gasteiger partial charge in [0.05, 0.1) is 0 Å². The molecule has 0 aromatic rings. The summed E-state index contributed by atoms with van der Waals surface area (Å²) in [4.78, 5) is 0. The molecule has 0 bridgehead atoms. The third-order valence-electron chi connectivity index (χ3n) is 2.48. The van der Waals surface area contributed by atoms with E-state index in [1.54, 1.807) is 0 Å². The number of hydrogen-bond acceptors (Lipinski definition) is 1. The van der Waals surface area contributed by atoms with Crippen molar-refractivity contribution in [1.29, 1.82) is 0 Å². The summed E-state index contributed by atoms with van der Waals surface area (Å²) in [6.07, 6.45) is 1.29. The van der Waals surface area contributed by atoms with Crippen molar-refractivity contribution in [2.24, 2.45) is 11.8 Å². The molecule has 2 unspecified atom stereocenters. The molecule has 1 N–H and O–H groups in total. The average Bonchev–Trinajstić information content (AvgIpc) is 1.84. The third-order valence-corrected chi connectivity index (χ3v) is 2.48. The van der Waals surface area contributed by atoms with Gasteiger partial charge in [0.2, 0.25) is 0 Å². The van der Waals surface area contributed by atoms with Gasteiger partial charge in [-0.3, -0.25) is 0 Å². The quantitative estimate of drug-likeness (QED) is 0.670. The normalized spacial score (nSPS) is 17.0. The maximum atomic E-state index is 3.53. The van der Waals surface area contributed by atoms with Crippen molar-refractivity contribution < 1.29 is 0 Å². The molecule has 2 atom stereocenters. The first kappa shape index (κ1) is 12.0. The molecule has 0 saturated carbocycles. The van der Waals surface area contributed by atoms with Crippen LogP contribution in [0.5, 0.6) is 0 Å². The van der Waals surface area contributed by atoms with Crippen molar-refractivity contribution in [1.82, 2.24) is 5.32 Å². The molecule has 0 spiro atoms. The second-order valence-corrected chi connectivity index (χ2v) is 4.68. The molecule has 0 aliphatic heterocycles. The Morgan fingerprint density at radius 1 is 0.917 bits per heavy atom. The van der Waals surface area contributed by atoms with E-state index in [1.807, 2.05) is 0 Å². The van der Waals surface area contributed by atoms with E-state index >= 15 is 0 Å². The van der Waals surface area contributed by atoms with E-state index in [-0.39, 0.29) is 0 Å². The first-order valence-corrected chi connectivity index (χ1v) is 5.19. The molecule has 0 saturated heterocycles. The summed E-state index contributed by atoms with van der Waals surface area (Å²) in [7, 11) is 0. The lowest BCUT2D eigenvalue weighted by molar-refractivity contribution is 0.331. The first-order valence-electron chi connectivity index (χ1n) is 5.19. The SMILES string of the molecule is CC(C)NC(C)CC(C)C(C)C. The monoisotopic (exact) mass is 171 g/mol. The Labute approximate surface area is 77.9 Å². The summed E-state index contributed by atoms with van der Waals surface area (Å²) < 4.78 is 0. The van der Waals surface area contributed by atoms with Gasteiger partial charge in [-0.1, -0.05) is 34.6 Å². The second-order valence-electron chi connectivity index (χ2n) is 4.68. The Balaban J connectivity index is 3.61. The van der Waals surface area contributed by atoms with E-state index in [9.17, 15) is 0 Å². The lowest BCUT2D eigenvalue weighted by atomic mass is 9.91. The zero-order chi connectivity index (χ0) is 9.72. The highest BCUT2D eigenvalue weighted by Crippen LogP contribution is 2.15. The molecule has 1 heteroatoms. The lowest BCUT2D eigenvalue weighted by Gasteiger charge is -2.22. The van der Waals surface area contributed by atoms with Crippen LogP contribution in [0.2, 0.25) is 0 Å². The van der Waals surface area contributed by atoms with Crippen LogP contribution in [0.4, 0.5) is 0 Å². The summed E-state index contributed by atoms with van der Waals surface area (Å²) in [6.45, 7) is 13.6. The second kappa shape index (κ2) is 5.58. The van der Waals surface area contributed by atoms with Gasteiger partial charge in [0, 0.05) is 12.1 Å². The molecule has 0 heterocycles. The Hall–Kier alpha value is -0.0400. The van der Waals surface area contributed by atoms with E-state index in [1.165, 1.54) is 6.42 Å². The highest BCUT2D eigenvalue weighted by molar-refractivity contribution is 4.68. The van der Waals surface area contributed by atoms with Gasteiger partial charge < -0.3 is 5.32 Å². The summed E-state index contributed by atoms with van der Waals surface area (Å²) in [5, 5.41) is 3.53. The fourth-order valence-electron chi connectivity index (χ4n) is 1.47. The van der Waals surface area contributed by atoms with E-state index in [2.05, 4.69) is 46.9 Å². The van der Waals surface area contributed by atoms with Crippen LogP contribution >= 0.6 is 0 Å². The molecule has 0 aromatic carbocycles. The van der Waals surface area contributed by atoms with Crippen LogP contribution in [0.15, 0.2) is 0 Å². The fourth-order valence-corrected chi connectivity index (χ4v) is 1.47. The van der Waals surface area contributed by atoms with Crippen molar-refractivity contribution >= 4 is 0 Å². The lowest BCUT2D eigenvalue weighted by Crippen LogP contribution is -2.34. The molecule has 0 fully saturated rings. The first-order chi connectivity index (χ1) is 5.43. The molecule has 0 radical (unpaired) electrons. The molecule has 0 rings (SSSR count). The molecule has 0 amide bonds. The van der Waals surface area contributed by atoms with Crippen LogP contribution in [-0.4, -0.2) is 12.1 Å². The van der Waals surface area contributed by atoms with Crippen molar-refractivity contribution in [2.75, 3.05) is 0 Å². The van der Waals surface area contributed by atoms with Crippen LogP contribution in [0.25, 0.3) is 0 Å². The Kier molecular flexibility index (Phi) is 5.56. The minimum absolute atomic E-state index is 0.611. The van der Waals surface area contributed by atoms with Gasteiger partial charge in [0.15, 0.2) is 0 Å². The predicted octanol–water partition coefficient (Wildman–Crippen LogP) is 3.06. The molecule has 0 aliphatic rings. The number of rotatable bonds is 5. The van der Waals surface area contributed by atoms with Gasteiger partial charge in [0.25, 0.3) is 0 Å². The largest absolute Gasteiger partial charge is 0.312 e. The predicted molar refractivity (Wildman–Crippen MR) is 56.4 cm³/mol. The highest BCUT2D eigenvalue weighted by atomic mass is 14.9. The minimum Gasteiger partial charge on any atom is -0.312 e. The van der Waals surface area contributed by atoms with Crippen molar-refractivity contribution in [3.8, 4) is 0 Å². The number of hydrogen-bond donors (Lipinski definition) is 1. The van der Waals surface area contributed by atoms with Gasteiger partial charge in [-0.2, -0.15) is 0 Å². The summed E-state index contributed by atoms with van der Waals surface area (Å²) in [5.41, 5.74) is 0. The third kappa shape index (κ3) is 5.59. The molecule has 1 nitrogen and oxygen atoms in total. The standard InChI is InChI=1S/C11H25N/c1-8(2)10(5)7-11(6)12-9(3)4/h8-12H,7H2,1-6H3. The maximum Gasteiger partial charge on any atom is 0.00437 e. The zero-order valence-corrected chi connectivity index (χ0v) is 9.52. The van der Waals surface area contributed by atoms with Crippen molar-refractivity contribution in [2.45, 2.75) is 60.0 Å². The molecule has 0 aliphatic carbocycles. The van der Waals surface area contributed by atoms with E-state index in [0.717, 1.165) is 11.8 Å². The van der Waals surface area contributed by atoms with E-state index in [0.29, 0.717) is 12.1 Å². The van der Waals surface area contributed by atoms with Gasteiger partial charge >= 0.3 is 0 Å². The summed E-state index contributed by atoms with van der Waals surface area (Å²) in [6, 6.07) is 1.27. The van der Waals surface area contributed by atoms with Gasteiger partial charge in [-0.05, 0) is 25.2 Å². The molecule has 0 aromatic heterocycles. The number of nitrogens with one attached hydrogen (secondary N) is 1. The zero-order valence-electron chi connectivity index (χ0n) is 9.52. The average molecular weight is 171 g/mol. The van der Waals surface area contributed by atoms with Gasteiger partial charge in [-0.25, -0.2) is 0 Å². The van der Waals surface area contributed by atoms with Crippen LogP contribution in [0.1, 0.15) is 48.0 Å². The highest BCUT2D eigenvalue weighted by Gasteiger charge is 2.11. The van der Waals surface area contributed by atoms with Crippen molar-refractivity contribution in [3.63, 3.8) is 0 Å².